The molecule has 3 atom stereocenters. The van der Waals surface area contributed by atoms with Crippen molar-refractivity contribution < 1.29 is 18.5 Å². The van der Waals surface area contributed by atoms with Gasteiger partial charge in [0.1, 0.15) is 0 Å². The minimum Gasteiger partial charge on any atom is -0.302 e. The molecule has 0 rings (SSSR count). The fraction of sp³-hybridized carbons (Fsp3) is 1.00. The molecule has 0 fully saturated rings. The summed E-state index contributed by atoms with van der Waals surface area (Å²) < 4.78 is 20.8. The Morgan fingerprint density at radius 2 is 1.40 bits per heavy atom. The first-order valence-corrected chi connectivity index (χ1v) is 9.50. The zero-order valence-corrected chi connectivity index (χ0v) is 14.9. The van der Waals surface area contributed by atoms with Crippen molar-refractivity contribution in [1.29, 1.82) is 0 Å². The van der Waals surface area contributed by atoms with Gasteiger partial charge in [-0.3, -0.25) is 9.05 Å². The monoisotopic (exact) mass is 494 g/mol. The van der Waals surface area contributed by atoms with Gasteiger partial charge in [-0.15, -0.1) is 0 Å². The number of halogens is 4. The van der Waals surface area contributed by atoms with Crippen LogP contribution in [-0.2, 0) is 13.6 Å². The van der Waals surface area contributed by atoms with Gasteiger partial charge in [0.05, 0.1) is 13.2 Å². The number of hydrogen-bond donors (Lipinski definition) is 1. The van der Waals surface area contributed by atoms with Crippen LogP contribution in [0.3, 0.4) is 0 Å². The first kappa shape index (κ1) is 17.0. The van der Waals surface area contributed by atoms with Gasteiger partial charge in [-0.25, -0.2) is 4.57 Å². The molecule has 0 saturated carbocycles. The molecule has 1 unspecified atom stereocenters. The van der Waals surface area contributed by atoms with Gasteiger partial charge in [0.25, 0.3) is 0 Å². The Balaban J connectivity index is 3.81. The largest absolute Gasteiger partial charge is 0.472 e. The Bertz CT molecular complexity index is 199. The molecule has 0 heterocycles. The molecule has 15 heavy (non-hydrogen) atoms. The van der Waals surface area contributed by atoms with E-state index in [1.807, 2.05) is 0 Å². The standard InChI is InChI=1S/C6H11Br4O4P/c7-1-5(9)3-13-15(11,12)14-4-6(10)2-8/h5-6H,1-4H2,(H,11,12)/t5-,6+. The van der Waals surface area contributed by atoms with Crippen molar-refractivity contribution in [3.63, 3.8) is 0 Å². The number of alkyl halides is 4. The van der Waals surface area contributed by atoms with E-state index in [4.69, 9.17) is 9.05 Å². The average Bonchev–Trinajstić information content (AvgIpc) is 2.22. The van der Waals surface area contributed by atoms with Crippen molar-refractivity contribution in [1.82, 2.24) is 0 Å². The number of rotatable bonds is 8. The summed E-state index contributed by atoms with van der Waals surface area (Å²) in [4.78, 5) is 9.21. The van der Waals surface area contributed by atoms with E-state index in [0.29, 0.717) is 10.7 Å². The molecule has 0 aromatic rings. The lowest BCUT2D eigenvalue weighted by molar-refractivity contribution is 0.154. The molecule has 0 aromatic heterocycles. The molecular weight excluding hydrogens is 487 g/mol. The van der Waals surface area contributed by atoms with Crippen molar-refractivity contribution in [2.45, 2.75) is 9.65 Å². The van der Waals surface area contributed by atoms with E-state index in [1.165, 1.54) is 0 Å². The Morgan fingerprint density at radius 3 is 1.67 bits per heavy atom. The van der Waals surface area contributed by atoms with Crippen LogP contribution in [-0.4, -0.2) is 38.4 Å². The summed E-state index contributed by atoms with van der Waals surface area (Å²) in [6, 6.07) is 0. The second kappa shape index (κ2) is 9.03. The van der Waals surface area contributed by atoms with Crippen molar-refractivity contribution in [3.8, 4) is 0 Å². The molecule has 0 spiro atoms. The molecular formula is C6H11Br4O4P. The SMILES string of the molecule is O=P(O)(OC[C@H](Br)CBr)OC[C@@H](Br)CBr. The van der Waals surface area contributed by atoms with Crippen LogP contribution in [0.5, 0.6) is 0 Å². The maximum absolute atomic E-state index is 11.3. The van der Waals surface area contributed by atoms with Crippen molar-refractivity contribution in [3.05, 3.63) is 0 Å². The van der Waals surface area contributed by atoms with E-state index >= 15 is 0 Å². The predicted octanol–water partition coefficient (Wildman–Crippen LogP) is 3.44. The Labute approximate surface area is 123 Å². The zero-order chi connectivity index (χ0) is 11.9. The molecule has 0 saturated heterocycles. The lowest BCUT2D eigenvalue weighted by Crippen LogP contribution is -2.12. The molecule has 0 aliphatic rings. The second-order valence-corrected chi connectivity index (χ2v) is 7.90. The van der Waals surface area contributed by atoms with Crippen LogP contribution < -0.4 is 0 Å². The fourth-order valence-electron chi connectivity index (χ4n) is 0.476. The van der Waals surface area contributed by atoms with Crippen LogP contribution in [0.2, 0.25) is 0 Å². The van der Waals surface area contributed by atoms with Crippen molar-refractivity contribution in [2.75, 3.05) is 23.9 Å². The molecule has 4 nitrogen and oxygen atoms in total. The van der Waals surface area contributed by atoms with Crippen LogP contribution in [0, 0.1) is 0 Å². The van der Waals surface area contributed by atoms with Crippen LogP contribution in [0.1, 0.15) is 0 Å². The normalized spacial score (nSPS) is 19.5. The van der Waals surface area contributed by atoms with Crippen molar-refractivity contribution >= 4 is 71.5 Å². The first-order valence-electron chi connectivity index (χ1n) is 3.93. The number of phosphoric ester groups is 1. The van der Waals surface area contributed by atoms with Crippen LogP contribution >= 0.6 is 71.5 Å². The maximum Gasteiger partial charge on any atom is 0.472 e. The molecule has 9 heteroatoms. The second-order valence-electron chi connectivity index (χ2n) is 2.56. The predicted molar refractivity (Wildman–Crippen MR) is 74.7 cm³/mol. The van der Waals surface area contributed by atoms with Crippen LogP contribution in [0.15, 0.2) is 0 Å². The fourth-order valence-corrected chi connectivity index (χ4v) is 2.33. The number of phosphoric acid groups is 1. The van der Waals surface area contributed by atoms with Gasteiger partial charge in [0, 0.05) is 20.3 Å². The summed E-state index contributed by atoms with van der Waals surface area (Å²) in [7, 11) is -3.93. The summed E-state index contributed by atoms with van der Waals surface area (Å²) in [6.45, 7) is 0.223. The quantitative estimate of drug-likeness (QED) is 0.412. The van der Waals surface area contributed by atoms with Gasteiger partial charge in [-0.2, -0.15) is 0 Å². The third kappa shape index (κ3) is 9.71. The van der Waals surface area contributed by atoms with E-state index in [-0.39, 0.29) is 22.9 Å². The molecule has 92 valence electrons. The summed E-state index contributed by atoms with van der Waals surface area (Å²) in [5, 5.41) is 1.27. The molecule has 0 aliphatic heterocycles. The maximum atomic E-state index is 11.3. The molecule has 0 radical (unpaired) electrons. The van der Waals surface area contributed by atoms with Crippen LogP contribution in [0.25, 0.3) is 0 Å². The third-order valence-electron chi connectivity index (χ3n) is 1.17. The number of hydrogen-bond acceptors (Lipinski definition) is 3. The van der Waals surface area contributed by atoms with E-state index in [9.17, 15) is 9.46 Å². The Hall–Kier alpha value is 2.03. The highest BCUT2D eigenvalue weighted by atomic mass is 79.9. The Kier molecular flexibility index (Phi) is 10.2. The Morgan fingerprint density at radius 1 is 1.07 bits per heavy atom. The molecule has 0 aliphatic carbocycles. The van der Waals surface area contributed by atoms with Crippen LogP contribution in [0.4, 0.5) is 0 Å². The molecule has 1 N–H and O–H groups in total. The summed E-state index contributed by atoms with van der Waals surface area (Å²) in [5.74, 6) is 0. The molecule has 0 bridgehead atoms. The van der Waals surface area contributed by atoms with E-state index in [1.54, 1.807) is 0 Å². The summed E-state index contributed by atoms with van der Waals surface area (Å²) >= 11 is 12.9. The highest BCUT2D eigenvalue weighted by Crippen LogP contribution is 2.44. The van der Waals surface area contributed by atoms with Gasteiger partial charge in [-0.05, 0) is 0 Å². The zero-order valence-electron chi connectivity index (χ0n) is 7.61. The van der Waals surface area contributed by atoms with Gasteiger partial charge in [0.2, 0.25) is 0 Å². The lowest BCUT2D eigenvalue weighted by Gasteiger charge is -2.14. The summed E-state index contributed by atoms with van der Waals surface area (Å²) in [5.41, 5.74) is 0. The van der Waals surface area contributed by atoms with Crippen molar-refractivity contribution in [2.24, 2.45) is 0 Å². The minimum absolute atomic E-state index is 0.0162. The average molecular weight is 498 g/mol. The lowest BCUT2D eigenvalue weighted by atomic mass is 10.5. The summed E-state index contributed by atoms with van der Waals surface area (Å²) in [6.07, 6.45) is 0. The minimum atomic E-state index is -3.93. The van der Waals surface area contributed by atoms with Gasteiger partial charge in [0.15, 0.2) is 0 Å². The highest BCUT2D eigenvalue weighted by molar-refractivity contribution is 9.12. The molecule has 0 aromatic carbocycles. The van der Waals surface area contributed by atoms with E-state index in [0.717, 1.165) is 0 Å². The first-order chi connectivity index (χ1) is 6.91. The molecule has 0 amide bonds. The van der Waals surface area contributed by atoms with E-state index < -0.39 is 7.82 Å². The van der Waals surface area contributed by atoms with Gasteiger partial charge >= 0.3 is 7.82 Å². The third-order valence-corrected chi connectivity index (χ3v) is 6.60. The highest BCUT2D eigenvalue weighted by Gasteiger charge is 2.23. The van der Waals surface area contributed by atoms with Gasteiger partial charge in [-0.1, -0.05) is 63.7 Å². The topological polar surface area (TPSA) is 55.8 Å². The van der Waals surface area contributed by atoms with E-state index in [2.05, 4.69) is 63.7 Å². The smallest absolute Gasteiger partial charge is 0.302 e. The van der Waals surface area contributed by atoms with Gasteiger partial charge < -0.3 is 4.89 Å².